The Morgan fingerprint density at radius 3 is 2.22 bits per heavy atom. The first-order chi connectivity index (χ1) is 19.6. The fraction of sp³-hybridized carbons (Fsp3) is 0.333. The molecule has 0 radical (unpaired) electrons. The maximum Gasteiger partial charge on any atom is 0.264 e. The number of hydrogen-bond acceptors (Lipinski definition) is 5. The van der Waals surface area contributed by atoms with Gasteiger partial charge in [-0.25, -0.2) is 8.42 Å². The van der Waals surface area contributed by atoms with Crippen molar-refractivity contribution in [2.24, 2.45) is 0 Å². The van der Waals surface area contributed by atoms with Crippen LogP contribution in [0.5, 0.6) is 5.75 Å². The Morgan fingerprint density at radius 2 is 1.63 bits per heavy atom. The molecule has 0 heterocycles. The van der Waals surface area contributed by atoms with Crippen LogP contribution in [0, 0.1) is 0 Å². The Labute approximate surface area is 252 Å². The molecule has 0 spiro atoms. The minimum Gasteiger partial charge on any atom is -0.497 e. The van der Waals surface area contributed by atoms with E-state index in [0.29, 0.717) is 18.7 Å². The summed E-state index contributed by atoms with van der Waals surface area (Å²) in [6.45, 7) is 3.84. The Hall–Kier alpha value is -3.27. The summed E-state index contributed by atoms with van der Waals surface area (Å²) in [6, 6.07) is 18.5. The van der Waals surface area contributed by atoms with E-state index in [1.165, 1.54) is 35.2 Å². The van der Waals surface area contributed by atoms with Gasteiger partial charge in [0.1, 0.15) is 18.3 Å². The van der Waals surface area contributed by atoms with Crippen LogP contribution < -0.4 is 14.4 Å². The first-order valence-electron chi connectivity index (χ1n) is 13.3. The number of unbranched alkanes of at least 4 members (excludes halogenated alkanes) is 1. The number of hydrogen-bond donors (Lipinski definition) is 1. The van der Waals surface area contributed by atoms with Gasteiger partial charge in [0, 0.05) is 13.1 Å². The number of anilines is 1. The number of sulfonamides is 1. The molecule has 0 saturated heterocycles. The zero-order valence-electron chi connectivity index (χ0n) is 23.3. The van der Waals surface area contributed by atoms with E-state index in [-0.39, 0.29) is 33.1 Å². The molecule has 41 heavy (non-hydrogen) atoms. The van der Waals surface area contributed by atoms with Crippen molar-refractivity contribution < 1.29 is 22.7 Å². The predicted octanol–water partition coefficient (Wildman–Crippen LogP) is 5.92. The SMILES string of the molecule is CCCCNC(=O)[C@H](CC)N(Cc1ccc(OC)cc1)C(=O)CN(c1ccc(Cl)c(Cl)c1)S(=O)(=O)c1ccccc1. The van der Waals surface area contributed by atoms with Crippen molar-refractivity contribution in [1.82, 2.24) is 10.2 Å². The molecule has 11 heteroatoms. The summed E-state index contributed by atoms with van der Waals surface area (Å²) in [5.74, 6) is -0.200. The Morgan fingerprint density at radius 1 is 0.951 bits per heavy atom. The van der Waals surface area contributed by atoms with Crippen molar-refractivity contribution in [3.8, 4) is 5.75 Å². The summed E-state index contributed by atoms with van der Waals surface area (Å²) >= 11 is 12.4. The van der Waals surface area contributed by atoms with E-state index in [4.69, 9.17) is 27.9 Å². The average molecular weight is 621 g/mol. The van der Waals surface area contributed by atoms with E-state index >= 15 is 0 Å². The van der Waals surface area contributed by atoms with Crippen molar-refractivity contribution in [2.75, 3.05) is 24.5 Å². The average Bonchev–Trinajstić information content (AvgIpc) is 2.98. The van der Waals surface area contributed by atoms with Crippen molar-refractivity contribution in [2.45, 2.75) is 50.6 Å². The second kappa shape index (κ2) is 15.1. The number of amides is 2. The van der Waals surface area contributed by atoms with Gasteiger partial charge in [-0.1, -0.05) is 73.8 Å². The summed E-state index contributed by atoms with van der Waals surface area (Å²) in [4.78, 5) is 28.8. The van der Waals surface area contributed by atoms with Gasteiger partial charge in [0.2, 0.25) is 11.8 Å². The van der Waals surface area contributed by atoms with E-state index in [1.54, 1.807) is 49.6 Å². The Kier molecular flexibility index (Phi) is 11.9. The van der Waals surface area contributed by atoms with Crippen LogP contribution in [0.1, 0.15) is 38.7 Å². The van der Waals surface area contributed by atoms with Crippen LogP contribution in [0.15, 0.2) is 77.7 Å². The third-order valence-corrected chi connectivity index (χ3v) is 9.06. The van der Waals surface area contributed by atoms with Gasteiger partial charge >= 0.3 is 0 Å². The Balaban J connectivity index is 2.04. The number of halogens is 2. The monoisotopic (exact) mass is 619 g/mol. The molecule has 0 aliphatic heterocycles. The standard InChI is InChI=1S/C30H35Cl2N3O5S/c1-4-6-18-33-30(37)28(5-2)34(20-22-12-15-24(40-3)16-13-22)29(36)21-35(23-14-17-26(31)27(32)19-23)41(38,39)25-10-8-7-9-11-25/h7-17,19,28H,4-6,18,20-21H2,1-3H3,(H,33,37)/t28-/m0/s1. The lowest BCUT2D eigenvalue weighted by molar-refractivity contribution is -0.140. The highest BCUT2D eigenvalue weighted by Gasteiger charge is 2.33. The van der Waals surface area contributed by atoms with E-state index in [0.717, 1.165) is 22.7 Å². The molecule has 0 aliphatic rings. The molecular formula is C30H35Cl2N3O5S. The lowest BCUT2D eigenvalue weighted by Crippen LogP contribution is -2.52. The third-order valence-electron chi connectivity index (χ3n) is 6.53. The number of carbonyl (C=O) groups excluding carboxylic acids is 2. The van der Waals surface area contributed by atoms with E-state index in [1.807, 2.05) is 13.8 Å². The minimum atomic E-state index is -4.20. The van der Waals surface area contributed by atoms with Crippen LogP contribution in [-0.4, -0.2) is 51.4 Å². The number of rotatable bonds is 14. The highest BCUT2D eigenvalue weighted by molar-refractivity contribution is 7.92. The summed E-state index contributed by atoms with van der Waals surface area (Å²) in [7, 11) is -2.64. The predicted molar refractivity (Wildman–Crippen MR) is 163 cm³/mol. The fourth-order valence-corrected chi connectivity index (χ4v) is 5.96. The molecule has 2 amide bonds. The number of benzene rings is 3. The molecular weight excluding hydrogens is 585 g/mol. The van der Waals surface area contributed by atoms with Gasteiger partial charge in [0.25, 0.3) is 10.0 Å². The second-order valence-electron chi connectivity index (χ2n) is 9.36. The molecule has 1 atom stereocenters. The van der Waals surface area contributed by atoms with E-state index in [9.17, 15) is 18.0 Å². The highest BCUT2D eigenvalue weighted by Crippen LogP contribution is 2.31. The molecule has 220 valence electrons. The number of methoxy groups -OCH3 is 1. The normalized spacial score (nSPS) is 11.9. The van der Waals surface area contributed by atoms with Gasteiger partial charge < -0.3 is 15.0 Å². The van der Waals surface area contributed by atoms with Crippen molar-refractivity contribution in [3.63, 3.8) is 0 Å². The van der Waals surface area contributed by atoms with Crippen LogP contribution in [0.3, 0.4) is 0 Å². The van der Waals surface area contributed by atoms with Gasteiger partial charge in [-0.3, -0.25) is 13.9 Å². The van der Waals surface area contributed by atoms with Gasteiger partial charge in [-0.15, -0.1) is 0 Å². The summed E-state index contributed by atoms with van der Waals surface area (Å²) < 4.78 is 33.9. The summed E-state index contributed by atoms with van der Waals surface area (Å²) in [5.41, 5.74) is 0.924. The molecule has 1 N–H and O–H groups in total. The maximum absolute atomic E-state index is 14.1. The van der Waals surface area contributed by atoms with Crippen molar-refractivity contribution >= 4 is 50.7 Å². The van der Waals surface area contributed by atoms with Crippen LogP contribution in [-0.2, 0) is 26.2 Å². The number of carbonyl (C=O) groups is 2. The van der Waals surface area contributed by atoms with E-state index < -0.39 is 28.5 Å². The molecule has 3 aromatic carbocycles. The van der Waals surface area contributed by atoms with E-state index in [2.05, 4.69) is 5.32 Å². The lowest BCUT2D eigenvalue weighted by Gasteiger charge is -2.33. The van der Waals surface area contributed by atoms with Crippen molar-refractivity contribution in [1.29, 1.82) is 0 Å². The number of ether oxygens (including phenoxy) is 1. The third kappa shape index (κ3) is 8.38. The minimum absolute atomic E-state index is 0.00456. The first kappa shape index (κ1) is 32.2. The smallest absolute Gasteiger partial charge is 0.264 e. The summed E-state index contributed by atoms with van der Waals surface area (Å²) in [5, 5.41) is 3.30. The van der Waals surface area contributed by atoms with Crippen LogP contribution in [0.2, 0.25) is 10.0 Å². The first-order valence-corrected chi connectivity index (χ1v) is 15.5. The number of nitrogens with one attached hydrogen (secondary N) is 1. The lowest BCUT2D eigenvalue weighted by atomic mass is 10.1. The van der Waals surface area contributed by atoms with Gasteiger partial charge in [0.05, 0.1) is 27.7 Å². The molecule has 0 aromatic heterocycles. The molecule has 0 saturated carbocycles. The zero-order chi connectivity index (χ0) is 30.0. The fourth-order valence-electron chi connectivity index (χ4n) is 4.24. The quantitative estimate of drug-likeness (QED) is 0.226. The van der Waals surface area contributed by atoms with Crippen LogP contribution >= 0.6 is 23.2 Å². The largest absolute Gasteiger partial charge is 0.497 e. The maximum atomic E-state index is 14.1. The Bertz CT molecular complexity index is 1420. The molecule has 8 nitrogen and oxygen atoms in total. The highest BCUT2D eigenvalue weighted by atomic mass is 35.5. The molecule has 3 rings (SSSR count). The topological polar surface area (TPSA) is 96.0 Å². The molecule has 0 unspecified atom stereocenters. The van der Waals surface area contributed by atoms with Gasteiger partial charge in [-0.05, 0) is 60.9 Å². The number of nitrogens with zero attached hydrogens (tertiary/aromatic N) is 2. The molecule has 0 fully saturated rings. The van der Waals surface area contributed by atoms with Crippen LogP contribution in [0.4, 0.5) is 5.69 Å². The summed E-state index contributed by atoms with van der Waals surface area (Å²) in [6.07, 6.45) is 2.04. The van der Waals surface area contributed by atoms with Gasteiger partial charge in [-0.2, -0.15) is 0 Å². The van der Waals surface area contributed by atoms with Crippen molar-refractivity contribution in [3.05, 3.63) is 88.4 Å². The van der Waals surface area contributed by atoms with Gasteiger partial charge in [0.15, 0.2) is 0 Å². The molecule has 0 bridgehead atoms. The zero-order valence-corrected chi connectivity index (χ0v) is 25.7. The second-order valence-corrected chi connectivity index (χ2v) is 12.0. The molecule has 0 aliphatic carbocycles. The molecule has 3 aromatic rings. The van der Waals surface area contributed by atoms with Crippen LogP contribution in [0.25, 0.3) is 0 Å².